The molecule has 30 heavy (non-hydrogen) atoms. The summed E-state index contributed by atoms with van der Waals surface area (Å²) in [6, 6.07) is 0. The summed E-state index contributed by atoms with van der Waals surface area (Å²) in [4.78, 5) is 38.1. The fourth-order valence-corrected chi connectivity index (χ4v) is 8.04. The molecule has 10 heteroatoms. The maximum absolute atomic E-state index is 13.3. The predicted molar refractivity (Wildman–Crippen MR) is 91.9 cm³/mol. The van der Waals surface area contributed by atoms with Crippen LogP contribution in [0.25, 0.3) is 0 Å². The number of ether oxygens (including phenoxy) is 4. The Morgan fingerprint density at radius 3 is 2.40 bits per heavy atom. The van der Waals surface area contributed by atoms with Gasteiger partial charge in [0.1, 0.15) is 18.3 Å². The van der Waals surface area contributed by atoms with Crippen molar-refractivity contribution in [2.45, 2.75) is 69.6 Å². The molecule has 0 bridgehead atoms. The minimum atomic E-state index is -1.87. The molecule has 0 aromatic heterocycles. The SMILES string of the molecule is CC(C)C[C@@H]1[C@H](O)[C@H]2OC(=O)[C@@]34O[C@H]5OC(=O)[C@H](O)[C@@]51[C@@]23[C@H](O)[C@H]1OC(=O)[C@@H](C)[C@H]14. The van der Waals surface area contributed by atoms with Crippen LogP contribution in [-0.4, -0.2) is 75.6 Å². The van der Waals surface area contributed by atoms with Crippen molar-refractivity contribution in [2.24, 2.45) is 34.5 Å². The fourth-order valence-electron chi connectivity index (χ4n) is 8.04. The maximum Gasteiger partial charge on any atom is 0.340 e. The highest BCUT2D eigenvalue weighted by Crippen LogP contribution is 2.82. The second-order valence-corrected chi connectivity index (χ2v) is 10.0. The van der Waals surface area contributed by atoms with E-state index in [9.17, 15) is 29.7 Å². The number of carbonyl (C=O) groups excluding carboxylic acids is 3. The third kappa shape index (κ3) is 1.45. The molecule has 6 rings (SSSR count). The molecule has 6 fully saturated rings. The predicted octanol–water partition coefficient (Wildman–Crippen LogP) is -1.51. The lowest BCUT2D eigenvalue weighted by Gasteiger charge is -2.44. The molecule has 2 spiro atoms. The zero-order valence-electron chi connectivity index (χ0n) is 16.7. The van der Waals surface area contributed by atoms with Gasteiger partial charge in [0.2, 0.25) is 6.29 Å². The summed E-state index contributed by atoms with van der Waals surface area (Å²) in [6.45, 7) is 5.43. The molecule has 4 saturated heterocycles. The normalized spacial score (nSPS) is 59.7. The van der Waals surface area contributed by atoms with E-state index in [1.165, 1.54) is 0 Å². The van der Waals surface area contributed by atoms with Crippen molar-refractivity contribution >= 4 is 17.9 Å². The van der Waals surface area contributed by atoms with Crippen LogP contribution in [0.5, 0.6) is 0 Å². The molecule has 0 unspecified atom stereocenters. The summed E-state index contributed by atoms with van der Waals surface area (Å²) in [5, 5.41) is 34.1. The first-order valence-electron chi connectivity index (χ1n) is 10.4. The Balaban J connectivity index is 1.67. The second-order valence-electron chi connectivity index (χ2n) is 10.0. The van der Waals surface area contributed by atoms with Crippen molar-refractivity contribution in [2.75, 3.05) is 0 Å². The summed E-state index contributed by atoms with van der Waals surface area (Å²) in [5.41, 5.74) is -5.16. The molecule has 4 aliphatic heterocycles. The smallest absolute Gasteiger partial charge is 0.340 e. The Kier molecular flexibility index (Phi) is 3.27. The molecule has 164 valence electrons. The van der Waals surface area contributed by atoms with Crippen LogP contribution < -0.4 is 0 Å². The van der Waals surface area contributed by atoms with Gasteiger partial charge in [-0.05, 0) is 12.3 Å². The van der Waals surface area contributed by atoms with Crippen LogP contribution in [0.4, 0.5) is 0 Å². The van der Waals surface area contributed by atoms with E-state index in [1.807, 2.05) is 13.8 Å². The van der Waals surface area contributed by atoms with E-state index in [-0.39, 0.29) is 5.92 Å². The minimum Gasteiger partial charge on any atom is -0.459 e. The van der Waals surface area contributed by atoms with Crippen molar-refractivity contribution in [3.05, 3.63) is 0 Å². The van der Waals surface area contributed by atoms with Gasteiger partial charge in [0.25, 0.3) is 0 Å². The van der Waals surface area contributed by atoms with Gasteiger partial charge >= 0.3 is 17.9 Å². The lowest BCUT2D eigenvalue weighted by molar-refractivity contribution is -0.206. The number of aliphatic hydroxyl groups excluding tert-OH is 3. The first-order chi connectivity index (χ1) is 14.1. The third-order valence-corrected chi connectivity index (χ3v) is 8.72. The third-order valence-electron chi connectivity index (χ3n) is 8.72. The highest BCUT2D eigenvalue weighted by molar-refractivity contribution is 5.92. The summed E-state index contributed by atoms with van der Waals surface area (Å²) in [5.74, 6) is -4.71. The van der Waals surface area contributed by atoms with Gasteiger partial charge < -0.3 is 34.3 Å². The van der Waals surface area contributed by atoms with E-state index in [4.69, 9.17) is 18.9 Å². The molecule has 3 N–H and O–H groups in total. The topological polar surface area (TPSA) is 149 Å². The van der Waals surface area contributed by atoms with Crippen molar-refractivity contribution < 1.29 is 48.7 Å². The molecule has 0 aromatic carbocycles. The summed E-state index contributed by atoms with van der Waals surface area (Å²) < 4.78 is 22.6. The monoisotopic (exact) mass is 424 g/mol. The molecule has 4 heterocycles. The van der Waals surface area contributed by atoms with Crippen LogP contribution in [0.2, 0.25) is 0 Å². The molecule has 10 nitrogen and oxygen atoms in total. The average molecular weight is 424 g/mol. The molecule has 0 aromatic rings. The van der Waals surface area contributed by atoms with E-state index in [0.717, 1.165) is 0 Å². The van der Waals surface area contributed by atoms with Gasteiger partial charge in [0.15, 0.2) is 11.7 Å². The number of hydrogen-bond donors (Lipinski definition) is 3. The van der Waals surface area contributed by atoms with E-state index in [2.05, 4.69) is 0 Å². The molecule has 12 atom stereocenters. The Labute approximate surface area is 171 Å². The Hall–Kier alpha value is -1.75. The minimum absolute atomic E-state index is 0.0540. The average Bonchev–Trinajstić information content (AvgIpc) is 3.37. The van der Waals surface area contributed by atoms with E-state index in [0.29, 0.717) is 6.42 Å². The quantitative estimate of drug-likeness (QED) is 0.353. The van der Waals surface area contributed by atoms with Crippen molar-refractivity contribution in [3.8, 4) is 0 Å². The highest BCUT2D eigenvalue weighted by atomic mass is 16.7. The van der Waals surface area contributed by atoms with Crippen molar-refractivity contribution in [1.29, 1.82) is 0 Å². The van der Waals surface area contributed by atoms with E-state index < -0.39 is 88.9 Å². The standard InChI is InChI=1S/C20H24O10/c1-5(2)4-7-9(21)13-19-11(22)10-8(6(3)14(24)27-10)20(19,16(26)28-13)30-17-18(7,19)12(23)15(25)29-17/h5-13,17,21-23H,4H2,1-3H3/t6-,7+,8+,9-,10-,11+,12-,13+,17+,18+,19+,20+/m0/s1. The zero-order chi connectivity index (χ0) is 21.5. The van der Waals surface area contributed by atoms with Gasteiger partial charge in [-0.1, -0.05) is 20.8 Å². The van der Waals surface area contributed by atoms with Crippen LogP contribution in [0.3, 0.4) is 0 Å². The van der Waals surface area contributed by atoms with Gasteiger partial charge in [-0.25, -0.2) is 9.59 Å². The molecular weight excluding hydrogens is 400 g/mol. The van der Waals surface area contributed by atoms with Gasteiger partial charge in [0.05, 0.1) is 28.8 Å². The van der Waals surface area contributed by atoms with Crippen LogP contribution in [0.1, 0.15) is 27.2 Å². The number of rotatable bonds is 2. The zero-order valence-corrected chi connectivity index (χ0v) is 16.7. The van der Waals surface area contributed by atoms with Crippen LogP contribution in [0, 0.1) is 34.5 Å². The van der Waals surface area contributed by atoms with Gasteiger partial charge in [-0.2, -0.15) is 0 Å². The van der Waals surface area contributed by atoms with Gasteiger partial charge in [0, 0.05) is 5.92 Å². The second kappa shape index (κ2) is 5.17. The number of carbonyl (C=O) groups is 3. The fraction of sp³-hybridized carbons (Fsp3) is 0.850. The molecule has 0 amide bonds. The summed E-state index contributed by atoms with van der Waals surface area (Å²) in [7, 11) is 0. The largest absolute Gasteiger partial charge is 0.459 e. The van der Waals surface area contributed by atoms with Gasteiger partial charge in [-0.15, -0.1) is 0 Å². The molecule has 2 aliphatic carbocycles. The Morgan fingerprint density at radius 1 is 1.03 bits per heavy atom. The lowest BCUT2D eigenvalue weighted by Crippen LogP contribution is -2.62. The first-order valence-corrected chi connectivity index (χ1v) is 10.4. The number of hydrogen-bond acceptors (Lipinski definition) is 10. The van der Waals surface area contributed by atoms with Crippen LogP contribution in [0.15, 0.2) is 0 Å². The highest BCUT2D eigenvalue weighted by Gasteiger charge is 3.01. The molecule has 2 saturated carbocycles. The van der Waals surface area contributed by atoms with Crippen LogP contribution in [-0.2, 0) is 33.3 Å². The Morgan fingerprint density at radius 2 is 1.73 bits per heavy atom. The number of fused-ring (bicyclic) bond motifs is 1. The maximum atomic E-state index is 13.3. The van der Waals surface area contributed by atoms with Gasteiger partial charge in [-0.3, -0.25) is 4.79 Å². The molecular formula is C20H24O10. The number of aliphatic hydroxyl groups is 3. The van der Waals surface area contributed by atoms with Crippen LogP contribution >= 0.6 is 0 Å². The number of esters is 3. The Bertz CT molecular complexity index is 887. The van der Waals surface area contributed by atoms with Crippen molar-refractivity contribution in [1.82, 2.24) is 0 Å². The lowest BCUT2D eigenvalue weighted by atomic mass is 9.53. The molecule has 0 radical (unpaired) electrons. The molecule has 6 aliphatic rings. The van der Waals surface area contributed by atoms with E-state index >= 15 is 0 Å². The first kappa shape index (κ1) is 19.0. The summed E-state index contributed by atoms with van der Waals surface area (Å²) in [6.07, 6.45) is -7.76. The summed E-state index contributed by atoms with van der Waals surface area (Å²) >= 11 is 0. The van der Waals surface area contributed by atoms with Crippen molar-refractivity contribution in [3.63, 3.8) is 0 Å². The van der Waals surface area contributed by atoms with E-state index in [1.54, 1.807) is 6.92 Å².